The molecule has 0 spiro atoms. The van der Waals surface area contributed by atoms with Gasteiger partial charge in [-0.05, 0) is 32.3 Å². The monoisotopic (exact) mass is 260 g/mol. The van der Waals surface area contributed by atoms with Crippen LogP contribution in [-0.4, -0.2) is 30.4 Å². The van der Waals surface area contributed by atoms with Gasteiger partial charge in [0, 0.05) is 26.2 Å². The molecule has 2 rings (SSSR count). The molecule has 1 heterocycles. The normalized spacial score (nSPS) is 23.1. The summed E-state index contributed by atoms with van der Waals surface area (Å²) in [6, 6.07) is 8.93. The molecule has 1 fully saturated rings. The molecule has 1 saturated heterocycles. The van der Waals surface area contributed by atoms with E-state index >= 15 is 0 Å². The number of rotatable bonds is 3. The molecule has 0 radical (unpaired) electrons. The number of benzene rings is 1. The Morgan fingerprint density at radius 2 is 2.00 bits per heavy atom. The minimum atomic E-state index is 0.145. The summed E-state index contributed by atoms with van der Waals surface area (Å²) in [4.78, 5) is 14.2. The minimum Gasteiger partial charge on any atom is -0.341 e. The first-order valence-electron chi connectivity index (χ1n) is 7.10. The second-order valence-corrected chi connectivity index (χ2v) is 5.76. The van der Waals surface area contributed by atoms with Crippen molar-refractivity contribution in [2.75, 3.05) is 13.6 Å². The molecule has 0 saturated carbocycles. The Bertz CT molecular complexity index is 419. The second-order valence-electron chi connectivity index (χ2n) is 5.76. The standard InChI is InChI=1S/C16H24N2O/c1-12-4-7-14(8-5-12)11-18(3)16(19)15-9-6-13(2)17-10-15/h4-5,7-8,13,15,17H,6,9-11H2,1-3H3. The van der Waals surface area contributed by atoms with Crippen molar-refractivity contribution in [3.05, 3.63) is 35.4 Å². The summed E-state index contributed by atoms with van der Waals surface area (Å²) in [5.74, 6) is 0.409. The molecule has 1 N–H and O–H groups in total. The molecule has 3 heteroatoms. The predicted molar refractivity (Wildman–Crippen MR) is 77.8 cm³/mol. The zero-order chi connectivity index (χ0) is 13.8. The molecule has 2 atom stereocenters. The molecule has 1 aromatic rings. The number of nitrogens with one attached hydrogen (secondary N) is 1. The van der Waals surface area contributed by atoms with Gasteiger partial charge in [-0.1, -0.05) is 29.8 Å². The first-order chi connectivity index (χ1) is 9.06. The van der Waals surface area contributed by atoms with Gasteiger partial charge in [0.2, 0.25) is 5.91 Å². The van der Waals surface area contributed by atoms with Crippen LogP contribution in [0.1, 0.15) is 30.9 Å². The fourth-order valence-electron chi connectivity index (χ4n) is 2.57. The number of hydrogen-bond donors (Lipinski definition) is 1. The molecule has 1 amide bonds. The number of amides is 1. The molecule has 0 aromatic heterocycles. The molecule has 2 unspecified atom stereocenters. The summed E-state index contributed by atoms with van der Waals surface area (Å²) in [6.07, 6.45) is 2.10. The van der Waals surface area contributed by atoms with Crippen molar-refractivity contribution in [2.45, 2.75) is 39.3 Å². The van der Waals surface area contributed by atoms with Crippen LogP contribution >= 0.6 is 0 Å². The van der Waals surface area contributed by atoms with Crippen molar-refractivity contribution in [1.29, 1.82) is 0 Å². The number of carbonyl (C=O) groups excluding carboxylic acids is 1. The topological polar surface area (TPSA) is 32.3 Å². The molecule has 1 aliphatic rings. The van der Waals surface area contributed by atoms with Gasteiger partial charge in [-0.2, -0.15) is 0 Å². The van der Waals surface area contributed by atoms with E-state index in [-0.39, 0.29) is 11.8 Å². The highest BCUT2D eigenvalue weighted by atomic mass is 16.2. The molecule has 0 aliphatic carbocycles. The van der Waals surface area contributed by atoms with E-state index in [9.17, 15) is 4.79 Å². The fourth-order valence-corrected chi connectivity index (χ4v) is 2.57. The fraction of sp³-hybridized carbons (Fsp3) is 0.562. The van der Waals surface area contributed by atoms with Crippen LogP contribution in [-0.2, 0) is 11.3 Å². The Labute approximate surface area is 116 Å². The lowest BCUT2D eigenvalue weighted by molar-refractivity contribution is -0.135. The molecule has 0 bridgehead atoms. The zero-order valence-electron chi connectivity index (χ0n) is 12.1. The van der Waals surface area contributed by atoms with Gasteiger partial charge in [0.05, 0.1) is 5.92 Å². The van der Waals surface area contributed by atoms with Gasteiger partial charge in [0.15, 0.2) is 0 Å². The Morgan fingerprint density at radius 3 is 2.58 bits per heavy atom. The van der Waals surface area contributed by atoms with Gasteiger partial charge in [0.1, 0.15) is 0 Å². The third-order valence-corrected chi connectivity index (χ3v) is 3.93. The van der Waals surface area contributed by atoms with E-state index in [0.717, 1.165) is 19.4 Å². The number of hydrogen-bond acceptors (Lipinski definition) is 2. The van der Waals surface area contributed by atoms with E-state index in [4.69, 9.17) is 0 Å². The van der Waals surface area contributed by atoms with Crippen molar-refractivity contribution in [3.8, 4) is 0 Å². The summed E-state index contributed by atoms with van der Waals surface area (Å²) in [5.41, 5.74) is 2.45. The highest BCUT2D eigenvalue weighted by Gasteiger charge is 2.26. The van der Waals surface area contributed by atoms with Crippen molar-refractivity contribution in [2.24, 2.45) is 5.92 Å². The second kappa shape index (κ2) is 6.20. The largest absolute Gasteiger partial charge is 0.341 e. The van der Waals surface area contributed by atoms with Crippen molar-refractivity contribution in [3.63, 3.8) is 0 Å². The number of piperidine rings is 1. The summed E-state index contributed by atoms with van der Waals surface area (Å²) in [7, 11) is 1.90. The predicted octanol–water partition coefficient (Wildman–Crippen LogP) is 2.34. The highest BCUT2D eigenvalue weighted by Crippen LogP contribution is 2.17. The van der Waals surface area contributed by atoms with Crippen molar-refractivity contribution < 1.29 is 4.79 Å². The van der Waals surface area contributed by atoms with Gasteiger partial charge < -0.3 is 10.2 Å². The van der Waals surface area contributed by atoms with Gasteiger partial charge >= 0.3 is 0 Å². The first-order valence-corrected chi connectivity index (χ1v) is 7.10. The van der Waals surface area contributed by atoms with E-state index in [1.54, 1.807) is 0 Å². The number of aryl methyl sites for hydroxylation is 1. The van der Waals surface area contributed by atoms with Crippen LogP contribution in [0.25, 0.3) is 0 Å². The molecule has 3 nitrogen and oxygen atoms in total. The average Bonchev–Trinajstić information content (AvgIpc) is 2.41. The molecule has 19 heavy (non-hydrogen) atoms. The lowest BCUT2D eigenvalue weighted by Gasteiger charge is -2.30. The molecule has 104 valence electrons. The molecular formula is C16H24N2O. The maximum Gasteiger partial charge on any atom is 0.227 e. The Hall–Kier alpha value is -1.35. The quantitative estimate of drug-likeness (QED) is 0.904. The molecular weight excluding hydrogens is 236 g/mol. The summed E-state index contributed by atoms with van der Waals surface area (Å²) >= 11 is 0. The van der Waals surface area contributed by atoms with Crippen LogP contribution in [0.3, 0.4) is 0 Å². The first kappa shape index (κ1) is 14.1. The summed E-state index contributed by atoms with van der Waals surface area (Å²) < 4.78 is 0. The van der Waals surface area contributed by atoms with Gasteiger partial charge in [-0.25, -0.2) is 0 Å². The van der Waals surface area contributed by atoms with Crippen molar-refractivity contribution >= 4 is 5.91 Å². The lowest BCUT2D eigenvalue weighted by atomic mass is 9.94. The molecule has 1 aliphatic heterocycles. The zero-order valence-corrected chi connectivity index (χ0v) is 12.1. The summed E-state index contributed by atoms with van der Waals surface area (Å²) in [6.45, 7) is 5.77. The van der Waals surface area contributed by atoms with Crippen LogP contribution < -0.4 is 5.32 Å². The molecule has 1 aromatic carbocycles. The Balaban J connectivity index is 1.90. The number of nitrogens with zero attached hydrogens (tertiary/aromatic N) is 1. The minimum absolute atomic E-state index is 0.145. The smallest absolute Gasteiger partial charge is 0.227 e. The van der Waals surface area contributed by atoms with E-state index in [1.807, 2.05) is 11.9 Å². The van der Waals surface area contributed by atoms with Gasteiger partial charge in [0.25, 0.3) is 0 Å². The lowest BCUT2D eigenvalue weighted by Crippen LogP contribution is -2.44. The van der Waals surface area contributed by atoms with Gasteiger partial charge in [-0.3, -0.25) is 4.79 Å². The van der Waals surface area contributed by atoms with Crippen molar-refractivity contribution in [1.82, 2.24) is 10.2 Å². The van der Waals surface area contributed by atoms with E-state index in [2.05, 4.69) is 43.4 Å². The van der Waals surface area contributed by atoms with Crippen LogP contribution in [0.15, 0.2) is 24.3 Å². The summed E-state index contributed by atoms with van der Waals surface area (Å²) in [5, 5.41) is 3.39. The highest BCUT2D eigenvalue weighted by molar-refractivity contribution is 5.79. The Kier molecular flexibility index (Phi) is 4.59. The van der Waals surface area contributed by atoms with Crippen LogP contribution in [0.4, 0.5) is 0 Å². The van der Waals surface area contributed by atoms with Crippen LogP contribution in [0, 0.1) is 12.8 Å². The maximum atomic E-state index is 12.4. The average molecular weight is 260 g/mol. The van der Waals surface area contributed by atoms with E-state index in [1.165, 1.54) is 11.1 Å². The number of carbonyl (C=O) groups is 1. The van der Waals surface area contributed by atoms with Crippen LogP contribution in [0.5, 0.6) is 0 Å². The van der Waals surface area contributed by atoms with E-state index < -0.39 is 0 Å². The Morgan fingerprint density at radius 1 is 1.32 bits per heavy atom. The van der Waals surface area contributed by atoms with E-state index in [0.29, 0.717) is 12.6 Å². The van der Waals surface area contributed by atoms with Gasteiger partial charge in [-0.15, -0.1) is 0 Å². The third kappa shape index (κ3) is 3.80. The SMILES string of the molecule is Cc1ccc(CN(C)C(=O)C2CCC(C)NC2)cc1. The van der Waals surface area contributed by atoms with Crippen LogP contribution in [0.2, 0.25) is 0 Å². The third-order valence-electron chi connectivity index (χ3n) is 3.93. The maximum absolute atomic E-state index is 12.4.